The third-order valence-electron chi connectivity index (χ3n) is 3.44. The lowest BCUT2D eigenvalue weighted by Crippen LogP contribution is -2.22. The lowest BCUT2D eigenvalue weighted by Gasteiger charge is -2.22. The van der Waals surface area contributed by atoms with E-state index in [0.717, 1.165) is 27.9 Å². The number of rotatable bonds is 5. The molecular formula is C17H19BrFNO. The van der Waals surface area contributed by atoms with Crippen molar-refractivity contribution in [2.24, 2.45) is 0 Å². The Morgan fingerprint density at radius 3 is 2.62 bits per heavy atom. The van der Waals surface area contributed by atoms with Crippen LogP contribution in [0.4, 0.5) is 4.39 Å². The monoisotopic (exact) mass is 351 g/mol. The van der Waals surface area contributed by atoms with E-state index in [4.69, 9.17) is 4.74 Å². The average Bonchev–Trinajstić information content (AvgIpc) is 2.48. The molecule has 1 atom stereocenters. The Balaban J connectivity index is 2.52. The Morgan fingerprint density at radius 1 is 1.24 bits per heavy atom. The summed E-state index contributed by atoms with van der Waals surface area (Å²) in [4.78, 5) is 0. The number of hydrogen-bond acceptors (Lipinski definition) is 2. The van der Waals surface area contributed by atoms with Crippen LogP contribution in [0.25, 0.3) is 0 Å². The summed E-state index contributed by atoms with van der Waals surface area (Å²) in [5.74, 6) is 0.592. The van der Waals surface area contributed by atoms with Crippen molar-refractivity contribution >= 4 is 15.9 Å². The minimum Gasteiger partial charge on any atom is -0.496 e. The molecule has 0 spiro atoms. The predicted octanol–water partition coefficient (Wildman–Crippen LogP) is 4.60. The molecule has 0 amide bonds. The predicted molar refractivity (Wildman–Crippen MR) is 87.4 cm³/mol. The van der Waals surface area contributed by atoms with Gasteiger partial charge in [-0.15, -0.1) is 0 Å². The van der Waals surface area contributed by atoms with Gasteiger partial charge in [0.05, 0.1) is 13.2 Å². The van der Waals surface area contributed by atoms with Crippen LogP contribution in [0.1, 0.15) is 29.7 Å². The molecule has 2 nitrogen and oxygen atoms in total. The second kappa shape index (κ2) is 7.05. The molecule has 0 bridgehead atoms. The van der Waals surface area contributed by atoms with Crippen LogP contribution < -0.4 is 10.1 Å². The summed E-state index contributed by atoms with van der Waals surface area (Å²) >= 11 is 3.49. The highest BCUT2D eigenvalue weighted by molar-refractivity contribution is 9.10. The maximum absolute atomic E-state index is 13.9. The van der Waals surface area contributed by atoms with Gasteiger partial charge < -0.3 is 10.1 Å². The third kappa shape index (κ3) is 3.63. The highest BCUT2D eigenvalue weighted by Crippen LogP contribution is 2.33. The first-order valence-corrected chi connectivity index (χ1v) is 7.69. The SMILES string of the molecule is CCNC(c1ccc(C)c(F)c1)c1cc(Br)ccc1OC. The molecule has 0 aromatic heterocycles. The quantitative estimate of drug-likeness (QED) is 0.849. The van der Waals surface area contributed by atoms with Gasteiger partial charge in [0.2, 0.25) is 0 Å². The van der Waals surface area contributed by atoms with E-state index in [1.54, 1.807) is 26.2 Å². The van der Waals surface area contributed by atoms with Crippen molar-refractivity contribution in [3.05, 3.63) is 63.4 Å². The first-order valence-electron chi connectivity index (χ1n) is 6.89. The molecule has 0 heterocycles. The van der Waals surface area contributed by atoms with Crippen molar-refractivity contribution in [3.63, 3.8) is 0 Å². The molecule has 2 aromatic carbocycles. The Labute approximate surface area is 133 Å². The first kappa shape index (κ1) is 16.0. The number of nitrogens with one attached hydrogen (secondary N) is 1. The molecule has 0 aliphatic rings. The van der Waals surface area contributed by atoms with Crippen molar-refractivity contribution in [1.82, 2.24) is 5.32 Å². The molecule has 0 aliphatic carbocycles. The van der Waals surface area contributed by atoms with Crippen molar-refractivity contribution in [2.75, 3.05) is 13.7 Å². The van der Waals surface area contributed by atoms with Gasteiger partial charge in [-0.2, -0.15) is 0 Å². The summed E-state index contributed by atoms with van der Waals surface area (Å²) in [6.07, 6.45) is 0. The smallest absolute Gasteiger partial charge is 0.126 e. The molecule has 2 aromatic rings. The largest absolute Gasteiger partial charge is 0.496 e. The molecule has 4 heteroatoms. The van der Waals surface area contributed by atoms with Gasteiger partial charge in [-0.05, 0) is 48.9 Å². The normalized spacial score (nSPS) is 12.2. The number of benzene rings is 2. The van der Waals surface area contributed by atoms with Gasteiger partial charge >= 0.3 is 0 Å². The van der Waals surface area contributed by atoms with Crippen LogP contribution in [-0.2, 0) is 0 Å². The Morgan fingerprint density at radius 2 is 2.00 bits per heavy atom. The van der Waals surface area contributed by atoms with E-state index in [2.05, 4.69) is 21.2 Å². The zero-order valence-corrected chi connectivity index (χ0v) is 14.0. The fourth-order valence-corrected chi connectivity index (χ4v) is 2.71. The number of halogens is 2. The molecule has 1 unspecified atom stereocenters. The van der Waals surface area contributed by atoms with Gasteiger partial charge in [-0.1, -0.05) is 35.0 Å². The summed E-state index contributed by atoms with van der Waals surface area (Å²) in [7, 11) is 1.64. The van der Waals surface area contributed by atoms with E-state index >= 15 is 0 Å². The molecule has 0 saturated carbocycles. The first-order chi connectivity index (χ1) is 10.1. The second-order valence-corrected chi connectivity index (χ2v) is 5.80. The van der Waals surface area contributed by atoms with E-state index in [1.807, 2.05) is 31.2 Å². The van der Waals surface area contributed by atoms with Gasteiger partial charge in [0, 0.05) is 10.0 Å². The average molecular weight is 352 g/mol. The molecule has 0 radical (unpaired) electrons. The molecule has 0 fully saturated rings. The number of hydrogen-bond donors (Lipinski definition) is 1. The van der Waals surface area contributed by atoms with Gasteiger partial charge in [0.25, 0.3) is 0 Å². The van der Waals surface area contributed by atoms with Crippen molar-refractivity contribution in [1.29, 1.82) is 0 Å². The fraction of sp³-hybridized carbons (Fsp3) is 0.294. The van der Waals surface area contributed by atoms with E-state index in [0.29, 0.717) is 5.56 Å². The van der Waals surface area contributed by atoms with Crippen LogP contribution in [0.5, 0.6) is 5.75 Å². The summed E-state index contributed by atoms with van der Waals surface area (Å²) in [5.41, 5.74) is 2.52. The lowest BCUT2D eigenvalue weighted by atomic mass is 9.96. The van der Waals surface area contributed by atoms with Crippen LogP contribution in [-0.4, -0.2) is 13.7 Å². The minimum absolute atomic E-state index is 0.113. The zero-order chi connectivity index (χ0) is 15.4. The Kier molecular flexibility index (Phi) is 5.37. The van der Waals surface area contributed by atoms with Crippen LogP contribution in [0, 0.1) is 12.7 Å². The van der Waals surface area contributed by atoms with Crippen LogP contribution >= 0.6 is 15.9 Å². The standard InChI is InChI=1S/C17H19BrFNO/c1-4-20-17(12-6-5-11(2)15(19)9-12)14-10-13(18)7-8-16(14)21-3/h5-10,17,20H,4H2,1-3H3. The maximum atomic E-state index is 13.9. The van der Waals surface area contributed by atoms with Crippen molar-refractivity contribution < 1.29 is 9.13 Å². The second-order valence-electron chi connectivity index (χ2n) is 4.89. The van der Waals surface area contributed by atoms with Gasteiger partial charge in [0.1, 0.15) is 11.6 Å². The molecular weight excluding hydrogens is 333 g/mol. The summed E-state index contributed by atoms with van der Waals surface area (Å²) in [6.45, 7) is 4.57. The lowest BCUT2D eigenvalue weighted by molar-refractivity contribution is 0.404. The molecule has 2 rings (SSSR count). The van der Waals surface area contributed by atoms with E-state index in [-0.39, 0.29) is 11.9 Å². The Bertz CT molecular complexity index is 630. The van der Waals surface area contributed by atoms with Gasteiger partial charge in [0.15, 0.2) is 0 Å². The van der Waals surface area contributed by atoms with Crippen LogP contribution in [0.2, 0.25) is 0 Å². The molecule has 0 aliphatic heterocycles. The highest BCUT2D eigenvalue weighted by Gasteiger charge is 2.18. The molecule has 21 heavy (non-hydrogen) atoms. The van der Waals surface area contributed by atoms with E-state index in [1.165, 1.54) is 0 Å². The zero-order valence-electron chi connectivity index (χ0n) is 12.4. The van der Waals surface area contributed by atoms with Crippen LogP contribution in [0.15, 0.2) is 40.9 Å². The minimum atomic E-state index is -0.190. The summed E-state index contributed by atoms with van der Waals surface area (Å²) < 4.78 is 20.3. The highest BCUT2D eigenvalue weighted by atomic mass is 79.9. The van der Waals surface area contributed by atoms with Gasteiger partial charge in [-0.3, -0.25) is 0 Å². The summed E-state index contributed by atoms with van der Waals surface area (Å²) in [5, 5.41) is 3.40. The topological polar surface area (TPSA) is 21.3 Å². The maximum Gasteiger partial charge on any atom is 0.126 e. The molecule has 112 valence electrons. The molecule has 1 N–H and O–H groups in total. The number of ether oxygens (including phenoxy) is 1. The van der Waals surface area contributed by atoms with E-state index in [9.17, 15) is 4.39 Å². The Hall–Kier alpha value is -1.39. The van der Waals surface area contributed by atoms with Gasteiger partial charge in [-0.25, -0.2) is 4.39 Å². The van der Waals surface area contributed by atoms with Crippen molar-refractivity contribution in [2.45, 2.75) is 19.9 Å². The van der Waals surface area contributed by atoms with Crippen LogP contribution in [0.3, 0.4) is 0 Å². The fourth-order valence-electron chi connectivity index (χ4n) is 2.33. The number of aryl methyl sites for hydroxylation is 1. The van der Waals surface area contributed by atoms with E-state index < -0.39 is 0 Å². The van der Waals surface area contributed by atoms with Crippen molar-refractivity contribution in [3.8, 4) is 5.75 Å². The molecule has 0 saturated heterocycles. The summed E-state index contributed by atoms with van der Waals surface area (Å²) in [6, 6.07) is 11.1. The number of methoxy groups -OCH3 is 1. The third-order valence-corrected chi connectivity index (χ3v) is 3.93.